The molecule has 58 valence electrons. The monoisotopic (exact) mass is 167 g/mol. The summed E-state index contributed by atoms with van der Waals surface area (Å²) >= 11 is 5.84. The molecule has 0 saturated heterocycles. The molecule has 1 rings (SSSR count). The van der Waals surface area contributed by atoms with Gasteiger partial charge in [-0.15, -0.1) is 0 Å². The van der Waals surface area contributed by atoms with Gasteiger partial charge in [0.1, 0.15) is 0 Å². The summed E-state index contributed by atoms with van der Waals surface area (Å²) < 4.78 is 0. The van der Waals surface area contributed by atoms with E-state index in [2.05, 4.69) is 6.58 Å². The summed E-state index contributed by atoms with van der Waals surface area (Å²) in [7, 11) is 0. The topological polar surface area (TPSA) is 26.0 Å². The third kappa shape index (κ3) is 1.82. The molecule has 0 aromatic heterocycles. The second-order valence-electron chi connectivity index (χ2n) is 2.26. The predicted molar refractivity (Wildman–Crippen MR) is 49.4 cm³/mol. The van der Waals surface area contributed by atoms with Crippen LogP contribution in [0.2, 0.25) is 5.02 Å². The standard InChI is InChI=1S/C9H10ClN/c1-2-7-3-4-9(10)8(5-7)6-11/h2-5H,1,6,11H2. The molecule has 1 nitrogen and oxygen atoms in total. The van der Waals surface area contributed by atoms with Crippen LogP contribution in [0.3, 0.4) is 0 Å². The van der Waals surface area contributed by atoms with Crippen LogP contribution in [0.5, 0.6) is 0 Å². The van der Waals surface area contributed by atoms with Gasteiger partial charge >= 0.3 is 0 Å². The minimum absolute atomic E-state index is 0.473. The van der Waals surface area contributed by atoms with Crippen LogP contribution < -0.4 is 5.73 Å². The van der Waals surface area contributed by atoms with Gasteiger partial charge in [-0.25, -0.2) is 0 Å². The highest BCUT2D eigenvalue weighted by atomic mass is 35.5. The van der Waals surface area contributed by atoms with E-state index in [9.17, 15) is 0 Å². The maximum atomic E-state index is 5.84. The molecule has 1 aromatic rings. The van der Waals surface area contributed by atoms with Crippen molar-refractivity contribution < 1.29 is 0 Å². The van der Waals surface area contributed by atoms with Gasteiger partial charge in [-0.1, -0.05) is 30.3 Å². The molecule has 2 N–H and O–H groups in total. The van der Waals surface area contributed by atoms with E-state index in [-0.39, 0.29) is 0 Å². The lowest BCUT2D eigenvalue weighted by molar-refractivity contribution is 1.07. The van der Waals surface area contributed by atoms with Crippen molar-refractivity contribution >= 4 is 17.7 Å². The Morgan fingerprint density at radius 1 is 1.55 bits per heavy atom. The number of halogens is 1. The Kier molecular flexibility index (Phi) is 2.69. The molecule has 0 aliphatic heterocycles. The SMILES string of the molecule is C=Cc1ccc(Cl)c(CN)c1. The second-order valence-corrected chi connectivity index (χ2v) is 2.67. The zero-order valence-corrected chi connectivity index (χ0v) is 6.93. The van der Waals surface area contributed by atoms with Crippen LogP contribution in [-0.4, -0.2) is 0 Å². The maximum absolute atomic E-state index is 5.84. The molecule has 0 saturated carbocycles. The Morgan fingerprint density at radius 2 is 2.27 bits per heavy atom. The molecule has 1 aromatic carbocycles. The van der Waals surface area contributed by atoms with Crippen LogP contribution in [0.15, 0.2) is 24.8 Å². The molecule has 2 heteroatoms. The lowest BCUT2D eigenvalue weighted by Gasteiger charge is -2.01. The minimum atomic E-state index is 0.473. The van der Waals surface area contributed by atoms with E-state index in [1.165, 1.54) is 0 Å². The van der Waals surface area contributed by atoms with Gasteiger partial charge in [0.2, 0.25) is 0 Å². The molecule has 0 heterocycles. The maximum Gasteiger partial charge on any atom is 0.0451 e. The minimum Gasteiger partial charge on any atom is -0.326 e. The van der Waals surface area contributed by atoms with Crippen molar-refractivity contribution in [2.75, 3.05) is 0 Å². The van der Waals surface area contributed by atoms with Gasteiger partial charge in [0.25, 0.3) is 0 Å². The average Bonchev–Trinajstić information content (AvgIpc) is 2.05. The summed E-state index contributed by atoms with van der Waals surface area (Å²) in [5.41, 5.74) is 7.47. The van der Waals surface area contributed by atoms with Crippen molar-refractivity contribution in [3.05, 3.63) is 40.9 Å². The summed E-state index contributed by atoms with van der Waals surface area (Å²) in [6.07, 6.45) is 1.77. The number of nitrogens with two attached hydrogens (primary N) is 1. The fourth-order valence-electron chi connectivity index (χ4n) is 0.878. The normalized spacial score (nSPS) is 9.64. The zero-order valence-electron chi connectivity index (χ0n) is 6.18. The molecule has 0 radical (unpaired) electrons. The van der Waals surface area contributed by atoms with Crippen LogP contribution in [0.1, 0.15) is 11.1 Å². The molecule has 11 heavy (non-hydrogen) atoms. The van der Waals surface area contributed by atoms with Gasteiger partial charge in [0.05, 0.1) is 0 Å². The van der Waals surface area contributed by atoms with Crippen molar-refractivity contribution in [3.8, 4) is 0 Å². The summed E-state index contributed by atoms with van der Waals surface area (Å²) in [5, 5.41) is 0.720. The van der Waals surface area contributed by atoms with E-state index in [4.69, 9.17) is 17.3 Å². The molecular weight excluding hydrogens is 158 g/mol. The van der Waals surface area contributed by atoms with E-state index in [1.807, 2.05) is 18.2 Å². The molecule has 0 bridgehead atoms. The van der Waals surface area contributed by atoms with Crippen molar-refractivity contribution in [3.63, 3.8) is 0 Å². The second kappa shape index (κ2) is 3.56. The van der Waals surface area contributed by atoms with Crippen LogP contribution in [0.4, 0.5) is 0 Å². The fraction of sp³-hybridized carbons (Fsp3) is 0.111. The van der Waals surface area contributed by atoms with Crippen molar-refractivity contribution in [2.45, 2.75) is 6.54 Å². The van der Waals surface area contributed by atoms with Gasteiger partial charge in [-0.3, -0.25) is 0 Å². The predicted octanol–water partition coefficient (Wildman–Crippen LogP) is 2.44. The molecule has 0 amide bonds. The van der Waals surface area contributed by atoms with E-state index in [0.29, 0.717) is 6.54 Å². The summed E-state index contributed by atoms with van der Waals surface area (Å²) in [4.78, 5) is 0. The van der Waals surface area contributed by atoms with Gasteiger partial charge in [-0.05, 0) is 23.3 Å². The largest absolute Gasteiger partial charge is 0.326 e. The lowest BCUT2D eigenvalue weighted by Crippen LogP contribution is -1.97. The van der Waals surface area contributed by atoms with E-state index < -0.39 is 0 Å². The van der Waals surface area contributed by atoms with Gasteiger partial charge in [-0.2, -0.15) is 0 Å². The van der Waals surface area contributed by atoms with Crippen LogP contribution >= 0.6 is 11.6 Å². The highest BCUT2D eigenvalue weighted by molar-refractivity contribution is 6.31. The Hall–Kier alpha value is -0.790. The number of benzene rings is 1. The Labute approximate surface area is 71.5 Å². The quantitative estimate of drug-likeness (QED) is 0.720. The van der Waals surface area contributed by atoms with Gasteiger partial charge in [0.15, 0.2) is 0 Å². The van der Waals surface area contributed by atoms with E-state index >= 15 is 0 Å². The van der Waals surface area contributed by atoms with Crippen molar-refractivity contribution in [2.24, 2.45) is 5.73 Å². The Morgan fingerprint density at radius 3 is 2.82 bits per heavy atom. The molecule has 0 aliphatic carbocycles. The van der Waals surface area contributed by atoms with Crippen molar-refractivity contribution in [1.29, 1.82) is 0 Å². The van der Waals surface area contributed by atoms with Gasteiger partial charge in [0, 0.05) is 11.6 Å². The molecular formula is C9H10ClN. The van der Waals surface area contributed by atoms with Gasteiger partial charge < -0.3 is 5.73 Å². The number of hydrogen-bond acceptors (Lipinski definition) is 1. The third-order valence-electron chi connectivity index (χ3n) is 1.53. The van der Waals surface area contributed by atoms with Crippen LogP contribution in [0, 0.1) is 0 Å². The first-order chi connectivity index (χ1) is 5.27. The Bertz CT molecular complexity index is 268. The molecule has 0 spiro atoms. The summed E-state index contributed by atoms with van der Waals surface area (Å²) in [6, 6.07) is 5.69. The smallest absolute Gasteiger partial charge is 0.0451 e. The van der Waals surface area contributed by atoms with Crippen LogP contribution in [-0.2, 0) is 6.54 Å². The third-order valence-corrected chi connectivity index (χ3v) is 1.89. The molecule has 0 unspecified atom stereocenters. The Balaban J connectivity index is 3.12. The number of hydrogen-bond donors (Lipinski definition) is 1. The lowest BCUT2D eigenvalue weighted by atomic mass is 10.1. The van der Waals surface area contributed by atoms with E-state index in [0.717, 1.165) is 16.1 Å². The zero-order chi connectivity index (χ0) is 8.27. The molecule has 0 atom stereocenters. The summed E-state index contributed by atoms with van der Waals surface area (Å²) in [5.74, 6) is 0. The average molecular weight is 168 g/mol. The highest BCUT2D eigenvalue weighted by Crippen LogP contribution is 2.17. The first-order valence-corrected chi connectivity index (χ1v) is 3.76. The fourth-order valence-corrected chi connectivity index (χ4v) is 1.07. The first-order valence-electron chi connectivity index (χ1n) is 3.39. The number of rotatable bonds is 2. The molecule has 0 fully saturated rings. The summed E-state index contributed by atoms with van der Waals surface area (Å²) in [6.45, 7) is 4.12. The van der Waals surface area contributed by atoms with E-state index in [1.54, 1.807) is 6.08 Å². The first kappa shape index (κ1) is 8.31. The van der Waals surface area contributed by atoms with Crippen molar-refractivity contribution in [1.82, 2.24) is 0 Å². The molecule has 0 aliphatic rings. The van der Waals surface area contributed by atoms with Crippen LogP contribution in [0.25, 0.3) is 6.08 Å². The highest BCUT2D eigenvalue weighted by Gasteiger charge is 1.96.